The number of rotatable bonds is 12. The number of amides is 1. The summed E-state index contributed by atoms with van der Waals surface area (Å²) in [5.74, 6) is 0.323. The number of carbonyl (C=O) groups excluding carboxylic acids is 1. The second kappa shape index (κ2) is 13.7. The summed E-state index contributed by atoms with van der Waals surface area (Å²) in [6.45, 7) is 8.13. The number of sulfonamides is 1. The molecule has 0 fully saturated rings. The third-order valence-electron chi connectivity index (χ3n) is 5.51. The van der Waals surface area contributed by atoms with E-state index in [-0.39, 0.29) is 10.8 Å². The molecule has 1 atom stereocenters. The molecule has 0 aromatic heterocycles. The molecule has 3 aromatic rings. The zero-order chi connectivity index (χ0) is 27.7. The van der Waals surface area contributed by atoms with Gasteiger partial charge in [-0.2, -0.15) is 9.82 Å². The van der Waals surface area contributed by atoms with Crippen molar-refractivity contribution in [3.8, 4) is 11.5 Å². The van der Waals surface area contributed by atoms with Crippen LogP contribution in [0.4, 0.5) is 0 Å². The van der Waals surface area contributed by atoms with E-state index in [2.05, 4.69) is 37.8 Å². The Labute approximate surface area is 238 Å². The zero-order valence-electron chi connectivity index (χ0n) is 21.8. The minimum atomic E-state index is -3.89. The van der Waals surface area contributed by atoms with Crippen molar-refractivity contribution in [2.45, 2.75) is 45.2 Å². The molecule has 0 bridgehead atoms. The molecule has 0 unspecified atom stereocenters. The fraction of sp³-hybridized carbons (Fsp3) is 0.286. The Morgan fingerprint density at radius 1 is 1.05 bits per heavy atom. The topological polar surface area (TPSA) is 106 Å². The number of halogens is 1. The number of nitrogens with zero attached hydrogens (tertiary/aromatic N) is 1. The van der Waals surface area contributed by atoms with Gasteiger partial charge in [0, 0.05) is 0 Å². The molecule has 38 heavy (non-hydrogen) atoms. The van der Waals surface area contributed by atoms with E-state index in [9.17, 15) is 13.2 Å². The van der Waals surface area contributed by atoms with Gasteiger partial charge in [0.25, 0.3) is 5.91 Å². The molecular weight excluding hydrogens is 617 g/mol. The molecule has 0 aliphatic rings. The molecule has 202 valence electrons. The number of ether oxygens (including phenoxy) is 2. The molecule has 8 nitrogen and oxygen atoms in total. The van der Waals surface area contributed by atoms with Crippen molar-refractivity contribution in [1.82, 2.24) is 10.1 Å². The van der Waals surface area contributed by atoms with Gasteiger partial charge in [-0.25, -0.2) is 13.8 Å². The van der Waals surface area contributed by atoms with E-state index in [1.54, 1.807) is 32.0 Å². The summed E-state index contributed by atoms with van der Waals surface area (Å²) in [7, 11) is -3.89. The molecule has 0 heterocycles. The van der Waals surface area contributed by atoms with Crippen LogP contribution in [0.15, 0.2) is 76.7 Å². The zero-order valence-corrected chi connectivity index (χ0v) is 24.7. The normalized spacial score (nSPS) is 12.5. The van der Waals surface area contributed by atoms with Gasteiger partial charge in [0.2, 0.25) is 10.0 Å². The quantitative estimate of drug-likeness (QED) is 0.163. The van der Waals surface area contributed by atoms with Crippen LogP contribution in [-0.2, 0) is 21.4 Å². The highest BCUT2D eigenvalue weighted by Gasteiger charge is 2.28. The number of hydrogen-bond acceptors (Lipinski definition) is 6. The van der Waals surface area contributed by atoms with E-state index in [1.165, 1.54) is 18.3 Å². The minimum Gasteiger partial charge on any atom is -0.490 e. The molecule has 0 spiro atoms. The monoisotopic (exact) mass is 649 g/mol. The van der Waals surface area contributed by atoms with Crippen molar-refractivity contribution < 1.29 is 22.7 Å². The Morgan fingerprint density at radius 2 is 1.74 bits per heavy atom. The second-order valence-electron chi connectivity index (χ2n) is 8.93. The SMILES string of the molecule is CCOc1cc(/C=N\NC(=O)[C@H](NS(=O)(=O)c2ccc(C)cc2)C(C)C)cc(I)c1OCc1ccccc1. The lowest BCUT2D eigenvalue weighted by atomic mass is 10.1. The maximum Gasteiger partial charge on any atom is 0.258 e. The average molecular weight is 650 g/mol. The van der Waals surface area contributed by atoms with Crippen LogP contribution in [-0.4, -0.2) is 33.2 Å². The first-order valence-electron chi connectivity index (χ1n) is 12.2. The number of aryl methyl sites for hydroxylation is 1. The highest BCUT2D eigenvalue weighted by atomic mass is 127. The van der Waals surface area contributed by atoms with Crippen molar-refractivity contribution in [1.29, 1.82) is 0 Å². The van der Waals surface area contributed by atoms with Crippen LogP contribution in [0.1, 0.15) is 37.5 Å². The highest BCUT2D eigenvalue weighted by Crippen LogP contribution is 2.34. The molecule has 0 aliphatic carbocycles. The molecule has 3 aromatic carbocycles. The summed E-state index contributed by atoms with van der Waals surface area (Å²) in [6, 6.07) is 18.9. The molecule has 0 radical (unpaired) electrons. The summed E-state index contributed by atoms with van der Waals surface area (Å²) in [4.78, 5) is 12.9. The van der Waals surface area contributed by atoms with Crippen LogP contribution in [0.2, 0.25) is 0 Å². The predicted octanol–water partition coefficient (Wildman–Crippen LogP) is 5.03. The highest BCUT2D eigenvalue weighted by molar-refractivity contribution is 14.1. The average Bonchev–Trinajstić information content (AvgIpc) is 2.87. The largest absolute Gasteiger partial charge is 0.490 e. The van der Waals surface area contributed by atoms with Crippen LogP contribution in [0, 0.1) is 16.4 Å². The number of nitrogens with one attached hydrogen (secondary N) is 2. The van der Waals surface area contributed by atoms with Crippen molar-refractivity contribution in [3.63, 3.8) is 0 Å². The molecule has 0 aliphatic heterocycles. The predicted molar refractivity (Wildman–Crippen MR) is 157 cm³/mol. The van der Waals surface area contributed by atoms with Crippen LogP contribution in [0.3, 0.4) is 0 Å². The van der Waals surface area contributed by atoms with Gasteiger partial charge in [0.05, 0.1) is 21.3 Å². The fourth-order valence-corrected chi connectivity index (χ4v) is 5.61. The van der Waals surface area contributed by atoms with Gasteiger partial charge in [-0.05, 0) is 77.7 Å². The van der Waals surface area contributed by atoms with E-state index in [0.717, 1.165) is 14.7 Å². The third kappa shape index (κ3) is 8.27. The Hall–Kier alpha value is -2.96. The van der Waals surface area contributed by atoms with Crippen LogP contribution in [0.25, 0.3) is 0 Å². The number of carbonyl (C=O) groups is 1. The molecular formula is C28H32IN3O5S. The van der Waals surface area contributed by atoms with Crippen LogP contribution >= 0.6 is 22.6 Å². The van der Waals surface area contributed by atoms with Crippen molar-refractivity contribution in [2.24, 2.45) is 11.0 Å². The van der Waals surface area contributed by atoms with Crippen molar-refractivity contribution >= 4 is 44.7 Å². The summed E-state index contributed by atoms with van der Waals surface area (Å²) in [6.07, 6.45) is 1.48. The van der Waals surface area contributed by atoms with Gasteiger partial charge in [-0.15, -0.1) is 0 Å². The smallest absolute Gasteiger partial charge is 0.258 e. The summed E-state index contributed by atoms with van der Waals surface area (Å²) >= 11 is 2.17. The van der Waals surface area contributed by atoms with E-state index < -0.39 is 22.0 Å². The fourth-order valence-electron chi connectivity index (χ4n) is 3.48. The Morgan fingerprint density at radius 3 is 2.37 bits per heavy atom. The standard InChI is InChI=1S/C28H32IN3O5S/c1-5-36-25-16-22(15-24(29)27(25)37-18-21-9-7-6-8-10-21)17-30-31-28(33)26(19(2)3)32-38(34,35)23-13-11-20(4)12-14-23/h6-17,19,26,32H,5,18H2,1-4H3,(H,31,33)/b30-17-/t26-/m1/s1. The van der Waals surface area contributed by atoms with E-state index in [1.807, 2.05) is 50.2 Å². The van der Waals surface area contributed by atoms with Crippen LogP contribution in [0.5, 0.6) is 11.5 Å². The molecule has 0 saturated carbocycles. The minimum absolute atomic E-state index is 0.0950. The summed E-state index contributed by atoms with van der Waals surface area (Å²) < 4.78 is 40.8. The second-order valence-corrected chi connectivity index (χ2v) is 11.8. The Kier molecular flexibility index (Phi) is 10.7. The number of hydrogen-bond donors (Lipinski definition) is 2. The first kappa shape index (κ1) is 29.6. The lowest BCUT2D eigenvalue weighted by Crippen LogP contribution is -2.48. The maximum atomic E-state index is 12.9. The van der Waals surface area contributed by atoms with Gasteiger partial charge in [0.1, 0.15) is 12.6 Å². The first-order valence-corrected chi connectivity index (χ1v) is 14.7. The first-order chi connectivity index (χ1) is 18.1. The van der Waals surface area contributed by atoms with E-state index in [0.29, 0.717) is 30.3 Å². The molecule has 1 amide bonds. The molecule has 0 saturated heterocycles. The molecule has 10 heteroatoms. The van der Waals surface area contributed by atoms with E-state index >= 15 is 0 Å². The van der Waals surface area contributed by atoms with Gasteiger partial charge in [-0.1, -0.05) is 61.9 Å². The molecule has 2 N–H and O–H groups in total. The van der Waals surface area contributed by atoms with Crippen molar-refractivity contribution in [3.05, 3.63) is 87.0 Å². The lowest BCUT2D eigenvalue weighted by molar-refractivity contribution is -0.123. The Balaban J connectivity index is 1.71. The third-order valence-corrected chi connectivity index (χ3v) is 7.77. The van der Waals surface area contributed by atoms with Gasteiger partial charge in [0.15, 0.2) is 11.5 Å². The maximum absolute atomic E-state index is 12.9. The lowest BCUT2D eigenvalue weighted by Gasteiger charge is -2.20. The summed E-state index contributed by atoms with van der Waals surface area (Å²) in [5.41, 5.74) is 5.12. The van der Waals surface area contributed by atoms with Gasteiger partial charge in [-0.3, -0.25) is 4.79 Å². The van der Waals surface area contributed by atoms with Gasteiger partial charge < -0.3 is 9.47 Å². The summed E-state index contributed by atoms with van der Waals surface area (Å²) in [5, 5.41) is 4.07. The van der Waals surface area contributed by atoms with E-state index in [4.69, 9.17) is 9.47 Å². The number of hydrazone groups is 1. The van der Waals surface area contributed by atoms with Gasteiger partial charge >= 0.3 is 0 Å². The number of benzene rings is 3. The van der Waals surface area contributed by atoms with Crippen molar-refractivity contribution in [2.75, 3.05) is 6.61 Å². The van der Waals surface area contributed by atoms with Crippen LogP contribution < -0.4 is 19.6 Å². The Bertz CT molecular complexity index is 1360. The molecule has 3 rings (SSSR count).